The van der Waals surface area contributed by atoms with Crippen LogP contribution in [0.5, 0.6) is 0 Å². The Balaban J connectivity index is 1.86. The molecule has 0 bridgehead atoms. The van der Waals surface area contributed by atoms with E-state index in [-0.39, 0.29) is 11.9 Å². The maximum atomic E-state index is 11.8. The minimum atomic E-state index is -0.790. The number of aryl methyl sites for hydroxylation is 1. The van der Waals surface area contributed by atoms with Crippen LogP contribution in [0.4, 0.5) is 10.6 Å². The molecule has 7 nitrogen and oxygen atoms in total. The number of nitrogens with zero attached hydrogens (tertiary/aromatic N) is 2. The molecule has 0 radical (unpaired) electrons. The Labute approximate surface area is 104 Å². The number of carbonyl (C=O) groups is 2. The zero-order chi connectivity index (χ0) is 13.1. The molecule has 1 aliphatic rings. The molecule has 0 spiro atoms. The lowest BCUT2D eigenvalue weighted by atomic mass is 9.97. The monoisotopic (exact) mass is 253 g/mol. The quantitative estimate of drug-likeness (QED) is 0.828. The zero-order valence-electron chi connectivity index (χ0n) is 10.0. The molecule has 2 rings (SSSR count). The molecular weight excluding hydrogens is 238 g/mol. The van der Waals surface area contributed by atoms with E-state index in [1.807, 2.05) is 0 Å². The van der Waals surface area contributed by atoms with E-state index in [9.17, 15) is 9.59 Å². The normalized spacial score (nSPS) is 16.6. The highest BCUT2D eigenvalue weighted by Crippen LogP contribution is 2.18. The number of hydrogen-bond donors (Lipinski definition) is 2. The number of piperidine rings is 1. The third-order valence-corrected chi connectivity index (χ3v) is 2.99. The van der Waals surface area contributed by atoms with Gasteiger partial charge < -0.3 is 14.5 Å². The highest BCUT2D eigenvalue weighted by Gasteiger charge is 2.27. The summed E-state index contributed by atoms with van der Waals surface area (Å²) in [6.07, 6.45) is 0.973. The Kier molecular flexibility index (Phi) is 3.50. The van der Waals surface area contributed by atoms with Gasteiger partial charge in [0.25, 0.3) is 0 Å². The largest absolute Gasteiger partial charge is 0.481 e. The third kappa shape index (κ3) is 2.79. The fourth-order valence-corrected chi connectivity index (χ4v) is 1.94. The van der Waals surface area contributed by atoms with Crippen LogP contribution in [0.15, 0.2) is 10.6 Å². The van der Waals surface area contributed by atoms with E-state index in [0.717, 1.165) is 0 Å². The van der Waals surface area contributed by atoms with E-state index >= 15 is 0 Å². The van der Waals surface area contributed by atoms with Crippen LogP contribution in [0.25, 0.3) is 0 Å². The number of amides is 2. The molecule has 1 aromatic rings. The summed E-state index contributed by atoms with van der Waals surface area (Å²) in [5, 5.41) is 15.1. The Bertz CT molecular complexity index is 449. The molecule has 1 saturated heterocycles. The topological polar surface area (TPSA) is 95.7 Å². The first kappa shape index (κ1) is 12.4. The van der Waals surface area contributed by atoms with Gasteiger partial charge in [-0.2, -0.15) is 0 Å². The van der Waals surface area contributed by atoms with Gasteiger partial charge in [-0.1, -0.05) is 5.16 Å². The lowest BCUT2D eigenvalue weighted by Gasteiger charge is -2.29. The summed E-state index contributed by atoms with van der Waals surface area (Å²) < 4.78 is 4.84. The smallest absolute Gasteiger partial charge is 0.323 e. The zero-order valence-corrected chi connectivity index (χ0v) is 10.0. The molecule has 0 aromatic carbocycles. The number of aliphatic carboxylic acids is 1. The first-order valence-electron chi connectivity index (χ1n) is 5.78. The van der Waals surface area contributed by atoms with E-state index in [1.54, 1.807) is 17.9 Å². The van der Waals surface area contributed by atoms with Crippen molar-refractivity contribution in [2.24, 2.45) is 5.92 Å². The standard InChI is InChI=1S/C11H15N3O4/c1-7-6-9(13-18-7)12-11(17)14-4-2-8(3-5-14)10(15)16/h6,8H,2-5H2,1H3,(H,15,16)(H,12,13,17). The Hall–Kier alpha value is -2.05. The average molecular weight is 253 g/mol. The second-order valence-electron chi connectivity index (χ2n) is 4.35. The van der Waals surface area contributed by atoms with Crippen molar-refractivity contribution in [2.75, 3.05) is 18.4 Å². The van der Waals surface area contributed by atoms with E-state index in [1.165, 1.54) is 0 Å². The molecule has 0 aliphatic carbocycles. The van der Waals surface area contributed by atoms with Crippen molar-refractivity contribution in [3.05, 3.63) is 11.8 Å². The SMILES string of the molecule is Cc1cc(NC(=O)N2CCC(C(=O)O)CC2)no1. The summed E-state index contributed by atoms with van der Waals surface area (Å²) in [4.78, 5) is 24.2. The third-order valence-electron chi connectivity index (χ3n) is 2.99. The molecule has 0 saturated carbocycles. The lowest BCUT2D eigenvalue weighted by Crippen LogP contribution is -2.42. The van der Waals surface area contributed by atoms with Gasteiger partial charge in [0, 0.05) is 19.2 Å². The number of nitrogens with one attached hydrogen (secondary N) is 1. The molecule has 2 amide bonds. The van der Waals surface area contributed by atoms with Crippen molar-refractivity contribution in [3.63, 3.8) is 0 Å². The summed E-state index contributed by atoms with van der Waals surface area (Å²) in [6, 6.07) is 1.36. The lowest BCUT2D eigenvalue weighted by molar-refractivity contribution is -0.143. The van der Waals surface area contributed by atoms with Crippen molar-refractivity contribution in [1.82, 2.24) is 10.1 Å². The highest BCUT2D eigenvalue weighted by molar-refractivity contribution is 5.88. The van der Waals surface area contributed by atoms with Crippen LogP contribution < -0.4 is 5.32 Å². The van der Waals surface area contributed by atoms with Crippen molar-refractivity contribution in [2.45, 2.75) is 19.8 Å². The van der Waals surface area contributed by atoms with Crippen LogP contribution in [0.3, 0.4) is 0 Å². The van der Waals surface area contributed by atoms with Crippen LogP contribution in [-0.2, 0) is 4.79 Å². The van der Waals surface area contributed by atoms with E-state index in [0.29, 0.717) is 37.5 Å². The molecule has 0 unspecified atom stereocenters. The predicted octanol–water partition coefficient (Wildman–Crippen LogP) is 1.31. The second kappa shape index (κ2) is 5.07. The summed E-state index contributed by atoms with van der Waals surface area (Å²) in [5.74, 6) is -0.140. The van der Waals surface area contributed by atoms with Crippen molar-refractivity contribution in [3.8, 4) is 0 Å². The number of carboxylic acid groups (broad SMARTS) is 1. The Morgan fingerprint density at radius 1 is 1.50 bits per heavy atom. The van der Waals surface area contributed by atoms with E-state index in [4.69, 9.17) is 9.63 Å². The fraction of sp³-hybridized carbons (Fsp3) is 0.545. The van der Waals surface area contributed by atoms with Crippen molar-refractivity contribution >= 4 is 17.8 Å². The van der Waals surface area contributed by atoms with Crippen LogP contribution in [0.1, 0.15) is 18.6 Å². The molecule has 2 N–H and O–H groups in total. The van der Waals surface area contributed by atoms with Crippen LogP contribution >= 0.6 is 0 Å². The number of urea groups is 1. The van der Waals surface area contributed by atoms with Gasteiger partial charge in [0.15, 0.2) is 5.82 Å². The first-order chi connectivity index (χ1) is 8.56. The van der Waals surface area contributed by atoms with Gasteiger partial charge >= 0.3 is 12.0 Å². The molecule has 0 atom stereocenters. The number of rotatable bonds is 2. The van der Waals surface area contributed by atoms with Crippen LogP contribution in [0, 0.1) is 12.8 Å². The van der Waals surface area contributed by atoms with Gasteiger partial charge in [-0.05, 0) is 19.8 Å². The number of carbonyl (C=O) groups excluding carboxylic acids is 1. The predicted molar refractivity (Wildman–Crippen MR) is 62.2 cm³/mol. The molecule has 1 aliphatic heterocycles. The average Bonchev–Trinajstić information content (AvgIpc) is 2.75. The van der Waals surface area contributed by atoms with Crippen LogP contribution in [0.2, 0.25) is 0 Å². The summed E-state index contributed by atoms with van der Waals surface area (Å²) >= 11 is 0. The number of likely N-dealkylation sites (tertiary alicyclic amines) is 1. The van der Waals surface area contributed by atoms with E-state index in [2.05, 4.69) is 10.5 Å². The van der Waals surface area contributed by atoms with Gasteiger partial charge in [0.05, 0.1) is 5.92 Å². The Morgan fingerprint density at radius 3 is 2.67 bits per heavy atom. The second-order valence-corrected chi connectivity index (χ2v) is 4.35. The molecule has 18 heavy (non-hydrogen) atoms. The van der Waals surface area contributed by atoms with Crippen molar-refractivity contribution < 1.29 is 19.2 Å². The van der Waals surface area contributed by atoms with Crippen molar-refractivity contribution in [1.29, 1.82) is 0 Å². The summed E-state index contributed by atoms with van der Waals surface area (Å²) in [7, 11) is 0. The maximum absolute atomic E-state index is 11.8. The van der Waals surface area contributed by atoms with Gasteiger partial charge in [-0.3, -0.25) is 10.1 Å². The number of carboxylic acids is 1. The van der Waals surface area contributed by atoms with Crippen LogP contribution in [-0.4, -0.2) is 40.3 Å². The minimum absolute atomic E-state index is 0.271. The fourth-order valence-electron chi connectivity index (χ4n) is 1.94. The van der Waals surface area contributed by atoms with Gasteiger partial charge in [-0.25, -0.2) is 4.79 Å². The van der Waals surface area contributed by atoms with Gasteiger partial charge in [-0.15, -0.1) is 0 Å². The number of hydrogen-bond acceptors (Lipinski definition) is 4. The molecule has 1 fully saturated rings. The Morgan fingerprint density at radius 2 is 2.17 bits per heavy atom. The molecule has 1 aromatic heterocycles. The van der Waals surface area contributed by atoms with E-state index < -0.39 is 5.97 Å². The molecular formula is C11H15N3O4. The highest BCUT2D eigenvalue weighted by atomic mass is 16.5. The molecule has 98 valence electrons. The minimum Gasteiger partial charge on any atom is -0.481 e. The summed E-state index contributed by atoms with van der Waals surface area (Å²) in [6.45, 7) is 2.63. The number of anilines is 1. The molecule has 7 heteroatoms. The van der Waals surface area contributed by atoms with Gasteiger partial charge in [0.2, 0.25) is 0 Å². The summed E-state index contributed by atoms with van der Waals surface area (Å²) in [5.41, 5.74) is 0. The molecule has 2 heterocycles. The first-order valence-corrected chi connectivity index (χ1v) is 5.78. The number of aromatic nitrogens is 1. The maximum Gasteiger partial charge on any atom is 0.323 e. The van der Waals surface area contributed by atoms with Gasteiger partial charge in [0.1, 0.15) is 5.76 Å².